The Bertz CT molecular complexity index is 918. The molecule has 0 aliphatic carbocycles. The van der Waals surface area contributed by atoms with Crippen molar-refractivity contribution in [3.63, 3.8) is 0 Å². The largest absolute Gasteiger partial charge is 0.487 e. The molecule has 148 valence electrons. The number of aryl methyl sites for hydroxylation is 1. The van der Waals surface area contributed by atoms with Gasteiger partial charge in [0.05, 0.1) is 5.69 Å². The molecule has 28 heavy (non-hydrogen) atoms. The third-order valence-electron chi connectivity index (χ3n) is 4.73. The summed E-state index contributed by atoms with van der Waals surface area (Å²) in [7, 11) is 0. The molecule has 0 aliphatic rings. The van der Waals surface area contributed by atoms with E-state index in [1.54, 1.807) is 0 Å². The van der Waals surface area contributed by atoms with Crippen LogP contribution in [0.5, 0.6) is 5.75 Å². The van der Waals surface area contributed by atoms with Gasteiger partial charge in [-0.1, -0.05) is 38.0 Å². The highest BCUT2D eigenvalue weighted by molar-refractivity contribution is 5.73. The molecule has 1 atom stereocenters. The summed E-state index contributed by atoms with van der Waals surface area (Å²) in [6, 6.07) is 11.2. The lowest BCUT2D eigenvalue weighted by Gasteiger charge is -2.14. The van der Waals surface area contributed by atoms with Gasteiger partial charge in [0.1, 0.15) is 24.0 Å². The maximum absolute atomic E-state index is 11.3. The number of benzene rings is 1. The second-order valence-corrected chi connectivity index (χ2v) is 7.00. The van der Waals surface area contributed by atoms with Crippen LogP contribution in [0, 0.1) is 6.92 Å². The van der Waals surface area contributed by atoms with Gasteiger partial charge in [0.25, 0.3) is 0 Å². The fourth-order valence-corrected chi connectivity index (χ4v) is 3.10. The molecule has 0 fully saturated rings. The SMILES string of the molecule is CCCC[C@H](NCc1ccc(OCc2cn3cccc(C)c3n2)cc1)C(=O)O. The van der Waals surface area contributed by atoms with Gasteiger partial charge in [-0.25, -0.2) is 4.98 Å². The summed E-state index contributed by atoms with van der Waals surface area (Å²) in [5, 5.41) is 12.4. The molecular weight excluding hydrogens is 354 g/mol. The molecule has 2 aromatic heterocycles. The predicted octanol–water partition coefficient (Wildman–Crippen LogP) is 3.95. The Kier molecular flexibility index (Phi) is 6.66. The summed E-state index contributed by atoms with van der Waals surface area (Å²) >= 11 is 0. The minimum absolute atomic E-state index is 0.400. The van der Waals surface area contributed by atoms with Crippen molar-refractivity contribution in [1.82, 2.24) is 14.7 Å². The van der Waals surface area contributed by atoms with Crippen LogP contribution in [0.15, 0.2) is 48.8 Å². The number of carbonyl (C=O) groups is 1. The normalized spacial score (nSPS) is 12.2. The lowest BCUT2D eigenvalue weighted by atomic mass is 10.1. The second kappa shape index (κ2) is 9.37. The van der Waals surface area contributed by atoms with Crippen molar-refractivity contribution in [2.45, 2.75) is 52.3 Å². The summed E-state index contributed by atoms with van der Waals surface area (Å²) in [6.07, 6.45) is 6.49. The fraction of sp³-hybridized carbons (Fsp3) is 0.364. The number of hydrogen-bond acceptors (Lipinski definition) is 4. The lowest BCUT2D eigenvalue weighted by Crippen LogP contribution is -2.36. The molecule has 6 nitrogen and oxygen atoms in total. The monoisotopic (exact) mass is 381 g/mol. The average molecular weight is 381 g/mol. The van der Waals surface area contributed by atoms with Crippen LogP contribution in [0.4, 0.5) is 0 Å². The average Bonchev–Trinajstić information content (AvgIpc) is 3.11. The number of aromatic nitrogens is 2. The molecule has 0 saturated heterocycles. The summed E-state index contributed by atoms with van der Waals surface area (Å²) in [4.78, 5) is 15.9. The number of nitrogens with zero attached hydrogens (tertiary/aromatic N) is 2. The van der Waals surface area contributed by atoms with Crippen molar-refractivity contribution in [3.8, 4) is 5.75 Å². The number of carboxylic acid groups (broad SMARTS) is 1. The number of fused-ring (bicyclic) bond motifs is 1. The summed E-state index contributed by atoms with van der Waals surface area (Å²) in [5.74, 6) is -0.0330. The first-order chi connectivity index (χ1) is 13.6. The van der Waals surface area contributed by atoms with Gasteiger partial charge in [0.15, 0.2) is 0 Å². The molecule has 6 heteroatoms. The zero-order valence-electron chi connectivity index (χ0n) is 16.4. The van der Waals surface area contributed by atoms with Gasteiger partial charge in [-0.15, -0.1) is 0 Å². The first kappa shape index (κ1) is 19.9. The Hall–Kier alpha value is -2.86. The molecule has 2 heterocycles. The Morgan fingerprint density at radius 1 is 1.29 bits per heavy atom. The smallest absolute Gasteiger partial charge is 0.320 e. The molecule has 0 saturated carbocycles. The number of nitrogens with one attached hydrogen (secondary N) is 1. The molecule has 3 aromatic rings. The minimum Gasteiger partial charge on any atom is -0.487 e. The van der Waals surface area contributed by atoms with E-state index < -0.39 is 12.0 Å². The van der Waals surface area contributed by atoms with Crippen LogP contribution >= 0.6 is 0 Å². The van der Waals surface area contributed by atoms with Crippen LogP contribution in [0.1, 0.15) is 43.0 Å². The number of pyridine rings is 1. The molecular formula is C22H27N3O3. The Morgan fingerprint density at radius 2 is 2.07 bits per heavy atom. The summed E-state index contributed by atoms with van der Waals surface area (Å²) in [6.45, 7) is 5.02. The molecule has 0 aliphatic heterocycles. The first-order valence-corrected chi connectivity index (χ1v) is 9.68. The van der Waals surface area contributed by atoms with Crippen LogP contribution in [0.3, 0.4) is 0 Å². The van der Waals surface area contributed by atoms with Gasteiger partial charge in [0.2, 0.25) is 0 Å². The van der Waals surface area contributed by atoms with Crippen molar-refractivity contribution in [1.29, 1.82) is 0 Å². The van der Waals surface area contributed by atoms with Crippen LogP contribution in [-0.2, 0) is 17.9 Å². The standard InChI is InChI=1S/C22H27N3O3/c1-3-4-7-20(22(26)27)23-13-17-8-10-19(11-9-17)28-15-18-14-25-12-5-6-16(2)21(25)24-18/h5-6,8-12,14,20,23H,3-4,7,13,15H2,1-2H3,(H,26,27)/t20-/m0/s1. The van der Waals surface area contributed by atoms with E-state index in [0.717, 1.165) is 41.1 Å². The van der Waals surface area contributed by atoms with Crippen LogP contribution in [0.25, 0.3) is 5.65 Å². The van der Waals surface area contributed by atoms with E-state index in [4.69, 9.17) is 4.74 Å². The molecule has 3 rings (SSSR count). The van der Waals surface area contributed by atoms with E-state index in [2.05, 4.69) is 17.2 Å². The summed E-state index contributed by atoms with van der Waals surface area (Å²) < 4.78 is 7.84. The predicted molar refractivity (Wildman–Crippen MR) is 108 cm³/mol. The number of rotatable bonds is 10. The second-order valence-electron chi connectivity index (χ2n) is 7.00. The zero-order valence-corrected chi connectivity index (χ0v) is 16.4. The van der Waals surface area contributed by atoms with E-state index in [1.807, 2.05) is 60.1 Å². The molecule has 2 N–H and O–H groups in total. The highest BCUT2D eigenvalue weighted by Gasteiger charge is 2.15. The molecule has 0 radical (unpaired) electrons. The van der Waals surface area contributed by atoms with E-state index >= 15 is 0 Å². The maximum Gasteiger partial charge on any atom is 0.320 e. The number of aliphatic carboxylic acids is 1. The Balaban J connectivity index is 1.53. The van der Waals surface area contributed by atoms with Gasteiger partial charge in [-0.3, -0.25) is 4.79 Å². The van der Waals surface area contributed by atoms with Crippen molar-refractivity contribution in [2.75, 3.05) is 0 Å². The van der Waals surface area contributed by atoms with Crippen molar-refractivity contribution in [2.24, 2.45) is 0 Å². The molecule has 0 bridgehead atoms. The van der Waals surface area contributed by atoms with E-state index in [1.165, 1.54) is 0 Å². The number of unbranched alkanes of at least 4 members (excludes halogenated alkanes) is 1. The van der Waals surface area contributed by atoms with E-state index in [9.17, 15) is 9.90 Å². The lowest BCUT2D eigenvalue weighted by molar-refractivity contribution is -0.139. The zero-order chi connectivity index (χ0) is 19.9. The summed E-state index contributed by atoms with van der Waals surface area (Å²) in [5.41, 5.74) is 3.97. The highest BCUT2D eigenvalue weighted by atomic mass is 16.5. The van der Waals surface area contributed by atoms with E-state index in [-0.39, 0.29) is 0 Å². The van der Waals surface area contributed by atoms with Crippen molar-refractivity contribution < 1.29 is 14.6 Å². The first-order valence-electron chi connectivity index (χ1n) is 9.68. The minimum atomic E-state index is -0.795. The van der Waals surface area contributed by atoms with Gasteiger partial charge in [0, 0.05) is 18.9 Å². The van der Waals surface area contributed by atoms with Gasteiger partial charge in [-0.2, -0.15) is 0 Å². The number of imidazole rings is 1. The van der Waals surface area contributed by atoms with Crippen molar-refractivity contribution in [3.05, 3.63) is 65.6 Å². The van der Waals surface area contributed by atoms with Crippen LogP contribution in [-0.4, -0.2) is 26.5 Å². The quantitative estimate of drug-likeness (QED) is 0.556. The molecule has 1 aromatic carbocycles. The van der Waals surface area contributed by atoms with Gasteiger partial charge >= 0.3 is 5.97 Å². The fourth-order valence-electron chi connectivity index (χ4n) is 3.10. The topological polar surface area (TPSA) is 75.9 Å². The Labute approximate surface area is 165 Å². The van der Waals surface area contributed by atoms with Crippen molar-refractivity contribution >= 4 is 11.6 Å². The molecule has 0 amide bonds. The third kappa shape index (κ3) is 5.10. The van der Waals surface area contributed by atoms with Gasteiger partial charge in [-0.05, 0) is 42.7 Å². The molecule has 0 spiro atoms. The number of hydrogen-bond donors (Lipinski definition) is 2. The maximum atomic E-state index is 11.3. The van der Waals surface area contributed by atoms with Crippen LogP contribution in [0.2, 0.25) is 0 Å². The van der Waals surface area contributed by atoms with E-state index in [0.29, 0.717) is 19.6 Å². The van der Waals surface area contributed by atoms with Gasteiger partial charge < -0.3 is 19.6 Å². The number of carboxylic acids is 1. The number of ether oxygens (including phenoxy) is 1. The molecule has 0 unspecified atom stereocenters. The highest BCUT2D eigenvalue weighted by Crippen LogP contribution is 2.16. The Morgan fingerprint density at radius 3 is 2.75 bits per heavy atom. The van der Waals surface area contributed by atoms with Crippen LogP contribution < -0.4 is 10.1 Å². The third-order valence-corrected chi connectivity index (χ3v) is 4.73.